The first-order chi connectivity index (χ1) is 11.7. The van der Waals surface area contributed by atoms with Crippen LogP contribution in [0.5, 0.6) is 0 Å². The van der Waals surface area contributed by atoms with Crippen molar-refractivity contribution in [3.63, 3.8) is 0 Å². The maximum absolute atomic E-state index is 12.1. The van der Waals surface area contributed by atoms with E-state index in [1.54, 1.807) is 24.3 Å². The molecule has 1 aromatic heterocycles. The fourth-order valence-electron chi connectivity index (χ4n) is 2.31. The lowest BCUT2D eigenvalue weighted by Gasteiger charge is -2.07. The molecule has 0 bridgehead atoms. The van der Waals surface area contributed by atoms with Crippen LogP contribution in [0.2, 0.25) is 0 Å². The van der Waals surface area contributed by atoms with Crippen molar-refractivity contribution >= 4 is 23.4 Å². The van der Waals surface area contributed by atoms with Crippen LogP contribution in [0.25, 0.3) is 0 Å². The predicted octanol–water partition coefficient (Wildman–Crippen LogP) is 2.94. The van der Waals surface area contributed by atoms with Gasteiger partial charge in [-0.15, -0.1) is 16.8 Å². The quantitative estimate of drug-likeness (QED) is 0.619. The summed E-state index contributed by atoms with van der Waals surface area (Å²) < 4.78 is 2.03. The largest absolute Gasteiger partial charge is 0.325 e. The second-order valence-electron chi connectivity index (χ2n) is 5.54. The minimum absolute atomic E-state index is 0.120. The zero-order chi connectivity index (χ0) is 16.9. The van der Waals surface area contributed by atoms with Crippen molar-refractivity contribution in [3.05, 3.63) is 48.3 Å². The van der Waals surface area contributed by atoms with Gasteiger partial charge in [0, 0.05) is 18.2 Å². The molecular weight excluding hydrogens is 322 g/mol. The van der Waals surface area contributed by atoms with Crippen LogP contribution in [0.4, 0.5) is 5.69 Å². The molecule has 3 rings (SSSR count). The Morgan fingerprint density at radius 1 is 1.42 bits per heavy atom. The fraction of sp³-hybridized carbons (Fsp3) is 0.294. The van der Waals surface area contributed by atoms with Gasteiger partial charge in [-0.05, 0) is 37.1 Å². The van der Waals surface area contributed by atoms with E-state index in [-0.39, 0.29) is 11.7 Å². The lowest BCUT2D eigenvalue weighted by atomic mass is 10.2. The minimum Gasteiger partial charge on any atom is -0.325 e. The number of rotatable bonds is 7. The van der Waals surface area contributed by atoms with E-state index in [9.17, 15) is 4.79 Å². The van der Waals surface area contributed by atoms with Gasteiger partial charge in [-0.2, -0.15) is 5.26 Å². The standard InChI is InChI=1S/C17H17N5OS/c1-2-9-22-16(13-5-6-13)20-21-17(22)24-11-15(23)19-14-7-3-12(10-18)4-8-14/h2-4,7-8,13H,1,5-6,9,11H2,(H,19,23). The maximum atomic E-state index is 12.1. The Morgan fingerprint density at radius 3 is 2.79 bits per heavy atom. The van der Waals surface area contributed by atoms with Crippen LogP contribution in [-0.2, 0) is 11.3 Å². The Hall–Kier alpha value is -2.59. The van der Waals surface area contributed by atoms with Crippen molar-refractivity contribution in [2.45, 2.75) is 30.5 Å². The summed E-state index contributed by atoms with van der Waals surface area (Å²) in [5.41, 5.74) is 1.23. The second kappa shape index (κ2) is 7.32. The Labute approximate surface area is 144 Å². The lowest BCUT2D eigenvalue weighted by Crippen LogP contribution is -2.14. The number of benzene rings is 1. The fourth-order valence-corrected chi connectivity index (χ4v) is 3.06. The summed E-state index contributed by atoms with van der Waals surface area (Å²) in [5, 5.41) is 20.8. The van der Waals surface area contributed by atoms with E-state index in [0.717, 1.165) is 23.8 Å². The highest BCUT2D eigenvalue weighted by Gasteiger charge is 2.30. The molecule has 0 saturated heterocycles. The first-order valence-corrected chi connectivity index (χ1v) is 8.66. The molecule has 0 aliphatic heterocycles. The molecule has 0 unspecified atom stereocenters. The number of amides is 1. The molecule has 1 N–H and O–H groups in total. The van der Waals surface area contributed by atoms with Crippen molar-refractivity contribution in [2.75, 3.05) is 11.1 Å². The van der Waals surface area contributed by atoms with Crippen LogP contribution in [-0.4, -0.2) is 26.4 Å². The predicted molar refractivity (Wildman–Crippen MR) is 92.7 cm³/mol. The smallest absolute Gasteiger partial charge is 0.234 e. The Bertz CT molecular complexity index is 786. The zero-order valence-corrected chi connectivity index (χ0v) is 13.9. The van der Waals surface area contributed by atoms with Crippen molar-refractivity contribution in [3.8, 4) is 6.07 Å². The lowest BCUT2D eigenvalue weighted by molar-refractivity contribution is -0.113. The normalized spacial score (nSPS) is 13.3. The van der Waals surface area contributed by atoms with Crippen LogP contribution < -0.4 is 5.32 Å². The van der Waals surface area contributed by atoms with Crippen molar-refractivity contribution in [1.82, 2.24) is 14.8 Å². The van der Waals surface area contributed by atoms with Crippen LogP contribution in [0.1, 0.15) is 30.1 Å². The maximum Gasteiger partial charge on any atom is 0.234 e. The van der Waals surface area contributed by atoms with Crippen LogP contribution >= 0.6 is 11.8 Å². The van der Waals surface area contributed by atoms with Gasteiger partial charge in [-0.25, -0.2) is 0 Å². The molecule has 1 aliphatic rings. The molecule has 7 heteroatoms. The highest BCUT2D eigenvalue weighted by atomic mass is 32.2. The Kier molecular flexibility index (Phi) is 4.96. The number of nitrogens with zero attached hydrogens (tertiary/aromatic N) is 4. The second-order valence-corrected chi connectivity index (χ2v) is 6.48. The number of hydrogen-bond acceptors (Lipinski definition) is 5. The van der Waals surface area contributed by atoms with Gasteiger partial charge in [0.2, 0.25) is 5.91 Å². The molecule has 1 aromatic carbocycles. The van der Waals surface area contributed by atoms with E-state index in [1.165, 1.54) is 11.8 Å². The number of nitriles is 1. The molecule has 1 saturated carbocycles. The van der Waals surface area contributed by atoms with Crippen molar-refractivity contribution in [1.29, 1.82) is 5.26 Å². The van der Waals surface area contributed by atoms with E-state index in [1.807, 2.05) is 16.7 Å². The molecule has 1 heterocycles. The minimum atomic E-state index is -0.120. The molecule has 0 radical (unpaired) electrons. The number of carbonyl (C=O) groups is 1. The van der Waals surface area contributed by atoms with Gasteiger partial charge >= 0.3 is 0 Å². The number of nitrogens with one attached hydrogen (secondary N) is 1. The molecule has 122 valence electrons. The van der Waals surface area contributed by atoms with Gasteiger partial charge in [-0.3, -0.25) is 4.79 Å². The van der Waals surface area contributed by atoms with Crippen LogP contribution in [0.15, 0.2) is 42.1 Å². The molecule has 1 aliphatic carbocycles. The summed E-state index contributed by atoms with van der Waals surface area (Å²) in [6.45, 7) is 4.43. The van der Waals surface area contributed by atoms with Crippen molar-refractivity contribution < 1.29 is 4.79 Å². The van der Waals surface area contributed by atoms with Crippen LogP contribution in [0, 0.1) is 11.3 Å². The number of hydrogen-bond donors (Lipinski definition) is 1. The monoisotopic (exact) mass is 339 g/mol. The van der Waals surface area contributed by atoms with Crippen molar-refractivity contribution in [2.24, 2.45) is 0 Å². The molecule has 0 spiro atoms. The topological polar surface area (TPSA) is 83.6 Å². The third-order valence-corrected chi connectivity index (χ3v) is 4.60. The first kappa shape index (κ1) is 16.3. The third-order valence-electron chi connectivity index (χ3n) is 3.63. The van der Waals surface area contributed by atoms with E-state index in [0.29, 0.717) is 23.7 Å². The SMILES string of the molecule is C=CCn1c(SCC(=O)Nc2ccc(C#N)cc2)nnc1C1CC1. The van der Waals surface area contributed by atoms with E-state index in [4.69, 9.17) is 5.26 Å². The van der Waals surface area contributed by atoms with Gasteiger partial charge in [0.15, 0.2) is 5.16 Å². The summed E-state index contributed by atoms with van der Waals surface area (Å²) in [5.74, 6) is 1.62. The molecular formula is C17H17N5OS. The average Bonchev–Trinajstić information content (AvgIpc) is 3.36. The van der Waals surface area contributed by atoms with Gasteiger partial charge in [0.1, 0.15) is 5.82 Å². The van der Waals surface area contributed by atoms with Gasteiger partial charge < -0.3 is 9.88 Å². The molecule has 0 atom stereocenters. The summed E-state index contributed by atoms with van der Waals surface area (Å²) in [6.07, 6.45) is 4.12. The summed E-state index contributed by atoms with van der Waals surface area (Å²) in [4.78, 5) is 12.1. The van der Waals surface area contributed by atoms with Gasteiger partial charge in [0.05, 0.1) is 17.4 Å². The molecule has 1 amide bonds. The number of aromatic nitrogens is 3. The molecule has 6 nitrogen and oxygen atoms in total. The van der Waals surface area contributed by atoms with E-state index in [2.05, 4.69) is 22.1 Å². The molecule has 1 fully saturated rings. The highest BCUT2D eigenvalue weighted by Crippen LogP contribution is 2.40. The summed E-state index contributed by atoms with van der Waals surface area (Å²) in [6, 6.07) is 8.82. The van der Waals surface area contributed by atoms with Crippen LogP contribution in [0.3, 0.4) is 0 Å². The van der Waals surface area contributed by atoms with Gasteiger partial charge in [0.25, 0.3) is 0 Å². The van der Waals surface area contributed by atoms with Gasteiger partial charge in [-0.1, -0.05) is 17.8 Å². The summed E-state index contributed by atoms with van der Waals surface area (Å²) in [7, 11) is 0. The van der Waals surface area contributed by atoms with E-state index < -0.39 is 0 Å². The number of allylic oxidation sites excluding steroid dienone is 1. The zero-order valence-electron chi connectivity index (χ0n) is 13.1. The Balaban J connectivity index is 1.59. The number of anilines is 1. The third kappa shape index (κ3) is 3.84. The molecule has 24 heavy (non-hydrogen) atoms. The first-order valence-electron chi connectivity index (χ1n) is 7.68. The Morgan fingerprint density at radius 2 is 2.17 bits per heavy atom. The average molecular weight is 339 g/mol. The number of thioether (sulfide) groups is 1. The highest BCUT2D eigenvalue weighted by molar-refractivity contribution is 7.99. The van der Waals surface area contributed by atoms with E-state index >= 15 is 0 Å². The number of carbonyl (C=O) groups excluding carboxylic acids is 1. The summed E-state index contributed by atoms with van der Waals surface area (Å²) >= 11 is 1.37. The molecule has 2 aromatic rings.